The molecule has 3 heteroatoms. The van der Waals surface area contributed by atoms with Crippen LogP contribution in [0.3, 0.4) is 0 Å². The third-order valence-corrected chi connectivity index (χ3v) is 13.7. The van der Waals surface area contributed by atoms with Gasteiger partial charge >= 0.3 is 0 Å². The number of ether oxygens (including phenoxy) is 1. The van der Waals surface area contributed by atoms with Crippen LogP contribution in [0.2, 0.25) is 0 Å². The number of carbonyl (C=O) groups is 2. The Morgan fingerprint density at radius 1 is 0.788 bits per heavy atom. The summed E-state index contributed by atoms with van der Waals surface area (Å²) in [6, 6.07) is 0. The fourth-order valence-corrected chi connectivity index (χ4v) is 11.6. The van der Waals surface area contributed by atoms with Gasteiger partial charge in [0, 0.05) is 18.3 Å². The van der Waals surface area contributed by atoms with E-state index in [2.05, 4.69) is 48.5 Å². The van der Waals surface area contributed by atoms with Crippen LogP contribution in [0.5, 0.6) is 0 Å². The number of Topliss-reactive ketones (excluding diaryl/α,β-unsaturated/α-hetero) is 2. The monoisotopic (exact) mass is 454 g/mol. The van der Waals surface area contributed by atoms with Crippen molar-refractivity contribution in [3.05, 3.63) is 0 Å². The molecule has 0 spiro atoms. The summed E-state index contributed by atoms with van der Waals surface area (Å²) in [7, 11) is 0. The van der Waals surface area contributed by atoms with Gasteiger partial charge in [0.1, 0.15) is 11.6 Å². The van der Waals surface area contributed by atoms with Gasteiger partial charge in [-0.15, -0.1) is 0 Å². The quantitative estimate of drug-likeness (QED) is 0.418. The second kappa shape index (κ2) is 6.34. The van der Waals surface area contributed by atoms with Gasteiger partial charge in [-0.05, 0) is 97.2 Å². The maximum absolute atomic E-state index is 13.4. The molecule has 6 fully saturated rings. The van der Waals surface area contributed by atoms with Crippen molar-refractivity contribution in [1.29, 1.82) is 0 Å². The molecule has 0 unspecified atom stereocenters. The fourth-order valence-electron chi connectivity index (χ4n) is 11.6. The zero-order valence-corrected chi connectivity index (χ0v) is 22.2. The van der Waals surface area contributed by atoms with Crippen molar-refractivity contribution in [2.45, 2.75) is 112 Å². The molecule has 5 aliphatic carbocycles. The van der Waals surface area contributed by atoms with E-state index in [4.69, 9.17) is 4.74 Å². The van der Waals surface area contributed by atoms with Gasteiger partial charge in [0.05, 0.1) is 18.1 Å². The minimum Gasteiger partial charge on any atom is -0.369 e. The third kappa shape index (κ3) is 2.57. The van der Waals surface area contributed by atoms with Crippen molar-refractivity contribution >= 4 is 11.6 Å². The normalized spacial score (nSPS) is 59.3. The largest absolute Gasteiger partial charge is 0.369 e. The molecular formula is C30H46O3. The minimum absolute atomic E-state index is 0.102. The molecule has 0 radical (unpaired) electrons. The van der Waals surface area contributed by atoms with Gasteiger partial charge in [0.25, 0.3) is 0 Å². The van der Waals surface area contributed by atoms with Crippen molar-refractivity contribution in [1.82, 2.24) is 0 Å². The maximum atomic E-state index is 13.4. The Balaban J connectivity index is 1.41. The first-order valence-corrected chi connectivity index (χ1v) is 13.9. The molecule has 6 aliphatic rings. The van der Waals surface area contributed by atoms with Crippen LogP contribution in [-0.4, -0.2) is 23.8 Å². The van der Waals surface area contributed by atoms with Crippen LogP contribution < -0.4 is 0 Å². The second-order valence-corrected chi connectivity index (χ2v) is 15.2. The van der Waals surface area contributed by atoms with Crippen molar-refractivity contribution < 1.29 is 14.3 Å². The molecule has 0 N–H and O–H groups in total. The van der Waals surface area contributed by atoms with Gasteiger partial charge in [-0.2, -0.15) is 0 Å². The van der Waals surface area contributed by atoms with Gasteiger partial charge in [-0.25, -0.2) is 0 Å². The molecule has 0 aromatic rings. The van der Waals surface area contributed by atoms with E-state index in [1.165, 1.54) is 38.5 Å². The van der Waals surface area contributed by atoms with Gasteiger partial charge < -0.3 is 4.74 Å². The molecule has 6 rings (SSSR count). The summed E-state index contributed by atoms with van der Waals surface area (Å²) in [4.78, 5) is 26.3. The molecule has 10 atom stereocenters. The number of fused-ring (bicyclic) bond motifs is 7. The number of hydrogen-bond donors (Lipinski definition) is 0. The van der Waals surface area contributed by atoms with Gasteiger partial charge in [-0.1, -0.05) is 41.5 Å². The van der Waals surface area contributed by atoms with Gasteiger partial charge in [0.2, 0.25) is 0 Å². The van der Waals surface area contributed by atoms with Crippen molar-refractivity contribution in [3.63, 3.8) is 0 Å². The first-order valence-electron chi connectivity index (χ1n) is 13.9. The van der Waals surface area contributed by atoms with E-state index in [1.807, 2.05) is 0 Å². The van der Waals surface area contributed by atoms with Crippen LogP contribution in [0, 0.1) is 56.7 Å². The summed E-state index contributed by atoms with van der Waals surface area (Å²) in [6.45, 7) is 17.7. The smallest absolute Gasteiger partial charge is 0.139 e. The molecule has 0 aromatic carbocycles. The van der Waals surface area contributed by atoms with Gasteiger partial charge in [0.15, 0.2) is 0 Å². The molecular weight excluding hydrogens is 408 g/mol. The number of hydrogen-bond acceptors (Lipinski definition) is 3. The van der Waals surface area contributed by atoms with Gasteiger partial charge in [-0.3, -0.25) is 9.59 Å². The lowest BCUT2D eigenvalue weighted by Crippen LogP contribution is -2.66. The SMILES string of the molecule is CC1(C)C(=O)CC[C@]2(C)[C@H]3CC[C@@H]4[C@H]5[C@H]([C@@]6(C)CO6)C(=O)C[C@]5(C)CC[C@@]4(C)[C@]3(C)CC[C@@H]12. The standard InChI is InChI=1S/C30H46O3/c1-25(2)20-10-13-29(6)21(27(20,4)12-11-22(25)32)9-8-18-23-24(30(7)17-33-30)19(31)16-26(23,3)14-15-28(18,29)5/h18,20-21,23-24H,8-17H2,1-7H3/t18-,20+,21-,23+,24-,26+,27+,28-,29-,30-/m1/s1. The summed E-state index contributed by atoms with van der Waals surface area (Å²) >= 11 is 0. The van der Waals surface area contributed by atoms with Crippen molar-refractivity contribution in [3.8, 4) is 0 Å². The summed E-state index contributed by atoms with van der Waals surface area (Å²) in [6.07, 6.45) is 10.0. The van der Waals surface area contributed by atoms with Crippen LogP contribution in [0.25, 0.3) is 0 Å². The zero-order chi connectivity index (χ0) is 23.8. The molecule has 1 heterocycles. The lowest BCUT2D eigenvalue weighted by atomic mass is 9.32. The number of epoxide rings is 1. The summed E-state index contributed by atoms with van der Waals surface area (Å²) < 4.78 is 5.96. The van der Waals surface area contributed by atoms with Crippen LogP contribution >= 0.6 is 0 Å². The van der Waals surface area contributed by atoms with E-state index in [9.17, 15) is 9.59 Å². The fraction of sp³-hybridized carbons (Fsp3) is 0.933. The minimum atomic E-state index is -0.201. The Hall–Kier alpha value is -0.700. The predicted octanol–water partition coefficient (Wildman–Crippen LogP) is 6.62. The van der Waals surface area contributed by atoms with Crippen molar-refractivity contribution in [2.24, 2.45) is 56.7 Å². The lowest BCUT2D eigenvalue weighted by molar-refractivity contribution is -0.234. The van der Waals surface area contributed by atoms with Crippen LogP contribution in [0.1, 0.15) is 106 Å². The van der Waals surface area contributed by atoms with E-state index in [0.29, 0.717) is 40.7 Å². The zero-order valence-electron chi connectivity index (χ0n) is 22.2. The van der Waals surface area contributed by atoms with E-state index in [-0.39, 0.29) is 33.2 Å². The molecule has 184 valence electrons. The first-order chi connectivity index (χ1) is 15.2. The predicted molar refractivity (Wildman–Crippen MR) is 130 cm³/mol. The Labute approximate surface area is 201 Å². The molecule has 0 bridgehead atoms. The highest BCUT2D eigenvalue weighted by atomic mass is 16.6. The third-order valence-electron chi connectivity index (χ3n) is 13.7. The number of carbonyl (C=O) groups excluding carboxylic acids is 2. The molecule has 33 heavy (non-hydrogen) atoms. The Morgan fingerprint density at radius 2 is 1.48 bits per heavy atom. The molecule has 0 aromatic heterocycles. The van der Waals surface area contributed by atoms with E-state index >= 15 is 0 Å². The van der Waals surface area contributed by atoms with E-state index in [0.717, 1.165) is 25.9 Å². The average molecular weight is 455 g/mol. The van der Waals surface area contributed by atoms with E-state index < -0.39 is 0 Å². The lowest BCUT2D eigenvalue weighted by Gasteiger charge is -2.72. The average Bonchev–Trinajstić information content (AvgIpc) is 3.39. The highest BCUT2D eigenvalue weighted by Crippen LogP contribution is 2.77. The second-order valence-electron chi connectivity index (χ2n) is 15.2. The summed E-state index contributed by atoms with van der Waals surface area (Å²) in [5.74, 6) is 3.37. The Morgan fingerprint density at radius 3 is 2.15 bits per heavy atom. The molecule has 0 amide bonds. The Kier molecular flexibility index (Phi) is 4.37. The van der Waals surface area contributed by atoms with Crippen LogP contribution in [0.4, 0.5) is 0 Å². The first kappa shape index (κ1) is 22.7. The Bertz CT molecular complexity index is 916. The highest BCUT2D eigenvalue weighted by Gasteiger charge is 2.73. The molecule has 3 nitrogen and oxygen atoms in total. The molecule has 1 saturated heterocycles. The summed E-state index contributed by atoms with van der Waals surface area (Å²) in [5.41, 5.74) is 0.597. The summed E-state index contributed by atoms with van der Waals surface area (Å²) in [5, 5.41) is 0. The number of rotatable bonds is 1. The van der Waals surface area contributed by atoms with Crippen molar-refractivity contribution in [2.75, 3.05) is 6.61 Å². The highest BCUT2D eigenvalue weighted by molar-refractivity contribution is 5.86. The number of ketones is 2. The maximum Gasteiger partial charge on any atom is 0.139 e. The molecule has 5 saturated carbocycles. The molecule has 1 aliphatic heterocycles. The van der Waals surface area contributed by atoms with Crippen LogP contribution in [0.15, 0.2) is 0 Å². The van der Waals surface area contributed by atoms with E-state index in [1.54, 1.807) is 0 Å². The topological polar surface area (TPSA) is 46.7 Å². The van der Waals surface area contributed by atoms with Crippen LogP contribution in [-0.2, 0) is 14.3 Å².